The van der Waals surface area contributed by atoms with Crippen molar-refractivity contribution in [1.29, 1.82) is 0 Å². The Labute approximate surface area is 120 Å². The van der Waals surface area contributed by atoms with Crippen molar-refractivity contribution in [3.63, 3.8) is 0 Å². The van der Waals surface area contributed by atoms with Crippen LogP contribution in [0, 0.1) is 20.8 Å². The SMILES string of the molecule is Cc1ccc(P=C([O-])c2c(C)cccc2Cl)c(C)c1. The van der Waals surface area contributed by atoms with Crippen LogP contribution in [-0.4, -0.2) is 5.48 Å². The molecule has 2 rings (SSSR count). The lowest BCUT2D eigenvalue weighted by molar-refractivity contribution is -0.207. The van der Waals surface area contributed by atoms with Crippen molar-refractivity contribution in [3.8, 4) is 0 Å². The number of hydrogen-bond donors (Lipinski definition) is 0. The molecule has 0 fully saturated rings. The molecule has 0 aliphatic rings. The molecule has 3 heteroatoms. The Bertz CT molecular complexity index is 627. The summed E-state index contributed by atoms with van der Waals surface area (Å²) in [6.07, 6.45) is 0. The summed E-state index contributed by atoms with van der Waals surface area (Å²) in [5, 5.41) is 14.0. The van der Waals surface area contributed by atoms with Crippen molar-refractivity contribution in [3.05, 3.63) is 63.7 Å². The largest absolute Gasteiger partial charge is 0.823 e. The standard InChI is InChI=1S/C16H16ClOP/c1-10-7-8-14(12(3)9-10)19-16(18)15-11(2)5-4-6-13(15)17/h4-9,18H,1-3H3/p-1. The zero-order valence-electron chi connectivity index (χ0n) is 11.2. The van der Waals surface area contributed by atoms with E-state index < -0.39 is 0 Å². The molecular weight excluding hydrogens is 275 g/mol. The molecule has 98 valence electrons. The highest BCUT2D eigenvalue weighted by atomic mass is 35.5. The van der Waals surface area contributed by atoms with Gasteiger partial charge in [0, 0.05) is 10.3 Å². The molecule has 0 heterocycles. The molecule has 0 aliphatic heterocycles. The summed E-state index contributed by atoms with van der Waals surface area (Å²) in [7, 11) is 0.679. The van der Waals surface area contributed by atoms with Gasteiger partial charge in [-0.15, -0.1) is 5.48 Å². The fourth-order valence-electron chi connectivity index (χ4n) is 2.00. The Morgan fingerprint density at radius 3 is 2.42 bits per heavy atom. The molecule has 0 spiro atoms. The predicted octanol–water partition coefficient (Wildman–Crippen LogP) is 3.38. The molecule has 0 aromatic heterocycles. The van der Waals surface area contributed by atoms with E-state index in [4.69, 9.17) is 11.6 Å². The van der Waals surface area contributed by atoms with Gasteiger partial charge in [-0.2, -0.15) is 0 Å². The van der Waals surface area contributed by atoms with E-state index in [2.05, 4.69) is 6.07 Å². The first-order valence-electron chi connectivity index (χ1n) is 6.07. The Kier molecular flexibility index (Phi) is 4.42. The van der Waals surface area contributed by atoms with Gasteiger partial charge in [0.2, 0.25) is 0 Å². The Morgan fingerprint density at radius 2 is 1.79 bits per heavy atom. The fourth-order valence-corrected chi connectivity index (χ4v) is 3.39. The average molecular weight is 290 g/mol. The molecule has 19 heavy (non-hydrogen) atoms. The first kappa shape index (κ1) is 14.3. The quantitative estimate of drug-likeness (QED) is 0.777. The van der Waals surface area contributed by atoms with Gasteiger partial charge in [-0.3, -0.25) is 0 Å². The topological polar surface area (TPSA) is 23.1 Å². The van der Waals surface area contributed by atoms with Gasteiger partial charge < -0.3 is 5.11 Å². The predicted molar refractivity (Wildman–Crippen MR) is 82.8 cm³/mol. The maximum atomic E-state index is 12.4. The van der Waals surface area contributed by atoms with Gasteiger partial charge >= 0.3 is 0 Å². The minimum Gasteiger partial charge on any atom is -0.823 e. The van der Waals surface area contributed by atoms with Crippen molar-refractivity contribution < 1.29 is 5.11 Å². The maximum absolute atomic E-state index is 12.4. The van der Waals surface area contributed by atoms with Crippen LogP contribution in [0.5, 0.6) is 0 Å². The van der Waals surface area contributed by atoms with Gasteiger partial charge in [-0.05, 0) is 49.6 Å². The second kappa shape index (κ2) is 5.88. The second-order valence-corrected chi connectivity index (χ2v) is 6.16. The maximum Gasteiger partial charge on any atom is 0.0474 e. The Hall–Kier alpha value is -1.14. The van der Waals surface area contributed by atoms with E-state index in [0.717, 1.165) is 16.4 Å². The van der Waals surface area contributed by atoms with Crippen molar-refractivity contribution in [2.24, 2.45) is 0 Å². The first-order chi connectivity index (χ1) is 8.99. The van der Waals surface area contributed by atoms with Crippen molar-refractivity contribution in [2.45, 2.75) is 20.8 Å². The molecule has 0 saturated carbocycles. The second-order valence-electron chi connectivity index (χ2n) is 4.64. The molecule has 1 nitrogen and oxygen atoms in total. The molecule has 0 N–H and O–H groups in total. The van der Waals surface area contributed by atoms with Crippen LogP contribution < -0.4 is 10.4 Å². The number of rotatable bonds is 2. The molecule has 0 aliphatic carbocycles. The summed E-state index contributed by atoms with van der Waals surface area (Å²) >= 11 is 6.13. The summed E-state index contributed by atoms with van der Waals surface area (Å²) in [4.78, 5) is 0. The fraction of sp³-hybridized carbons (Fsp3) is 0.188. The van der Waals surface area contributed by atoms with Crippen LogP contribution in [0.15, 0.2) is 36.4 Å². The number of halogens is 1. The molecule has 0 saturated heterocycles. The molecular formula is C16H15ClOP-. The first-order valence-corrected chi connectivity index (χ1v) is 7.34. The van der Waals surface area contributed by atoms with Gasteiger partial charge in [0.15, 0.2) is 0 Å². The van der Waals surface area contributed by atoms with E-state index in [1.165, 1.54) is 5.56 Å². The normalized spacial score (nSPS) is 11.7. The minimum absolute atomic E-state index is 0.0510. The van der Waals surface area contributed by atoms with Crippen LogP contribution in [0.2, 0.25) is 5.02 Å². The molecule has 2 aromatic rings. The Morgan fingerprint density at radius 1 is 1.05 bits per heavy atom. The molecule has 0 bridgehead atoms. The van der Waals surface area contributed by atoms with Gasteiger partial charge in [0.1, 0.15) is 0 Å². The highest BCUT2D eigenvalue weighted by Gasteiger charge is 2.03. The van der Waals surface area contributed by atoms with Gasteiger partial charge in [0.05, 0.1) is 0 Å². The minimum atomic E-state index is 0.0510. The van der Waals surface area contributed by atoms with Crippen LogP contribution in [-0.2, 0) is 0 Å². The number of hydrogen-bond acceptors (Lipinski definition) is 1. The van der Waals surface area contributed by atoms with Crippen LogP contribution in [0.1, 0.15) is 22.3 Å². The molecule has 0 radical (unpaired) electrons. The smallest absolute Gasteiger partial charge is 0.0474 e. The van der Waals surface area contributed by atoms with Crippen LogP contribution >= 0.6 is 19.8 Å². The third-order valence-corrected chi connectivity index (χ3v) is 4.49. The van der Waals surface area contributed by atoms with E-state index in [-0.39, 0.29) is 5.48 Å². The summed E-state index contributed by atoms with van der Waals surface area (Å²) in [6.45, 7) is 5.99. The Balaban J connectivity index is 2.49. The highest BCUT2D eigenvalue weighted by Crippen LogP contribution is 2.21. The molecule has 2 aromatic carbocycles. The van der Waals surface area contributed by atoms with E-state index in [9.17, 15) is 5.11 Å². The third-order valence-electron chi connectivity index (χ3n) is 3.01. The zero-order chi connectivity index (χ0) is 14.0. The lowest BCUT2D eigenvalue weighted by Gasteiger charge is -2.17. The molecule has 0 unspecified atom stereocenters. The number of aryl methyl sites for hydroxylation is 3. The van der Waals surface area contributed by atoms with Crippen molar-refractivity contribution in [2.75, 3.05) is 0 Å². The van der Waals surface area contributed by atoms with Gasteiger partial charge in [-0.1, -0.05) is 49.6 Å². The average Bonchev–Trinajstić information content (AvgIpc) is 2.32. The van der Waals surface area contributed by atoms with E-state index >= 15 is 0 Å². The monoisotopic (exact) mass is 289 g/mol. The van der Waals surface area contributed by atoms with Gasteiger partial charge in [0.25, 0.3) is 0 Å². The third kappa shape index (κ3) is 3.25. The summed E-state index contributed by atoms with van der Waals surface area (Å²) in [5.41, 5.74) is 3.95. The van der Waals surface area contributed by atoms with Gasteiger partial charge in [-0.25, -0.2) is 0 Å². The van der Waals surface area contributed by atoms with E-state index in [1.807, 2.05) is 45.0 Å². The molecule has 0 amide bonds. The van der Waals surface area contributed by atoms with Crippen LogP contribution in [0.4, 0.5) is 0 Å². The van der Waals surface area contributed by atoms with Crippen molar-refractivity contribution in [1.82, 2.24) is 0 Å². The van der Waals surface area contributed by atoms with Crippen molar-refractivity contribution >= 4 is 30.6 Å². The van der Waals surface area contributed by atoms with Crippen LogP contribution in [0.3, 0.4) is 0 Å². The summed E-state index contributed by atoms with van der Waals surface area (Å²) in [6, 6.07) is 11.7. The summed E-state index contributed by atoms with van der Waals surface area (Å²) < 4.78 is 0. The van der Waals surface area contributed by atoms with Crippen LogP contribution in [0.25, 0.3) is 0 Å². The van der Waals surface area contributed by atoms with E-state index in [1.54, 1.807) is 6.07 Å². The lowest BCUT2D eigenvalue weighted by Crippen LogP contribution is -2.20. The summed E-state index contributed by atoms with van der Waals surface area (Å²) in [5.74, 6) is 0. The zero-order valence-corrected chi connectivity index (χ0v) is 12.8. The lowest BCUT2D eigenvalue weighted by atomic mass is 10.1. The number of benzene rings is 2. The van der Waals surface area contributed by atoms with E-state index in [0.29, 0.717) is 18.8 Å². The highest BCUT2D eigenvalue weighted by molar-refractivity contribution is 7.49. The molecule has 0 atom stereocenters.